The van der Waals surface area contributed by atoms with E-state index in [0.717, 1.165) is 25.3 Å². The van der Waals surface area contributed by atoms with Crippen LogP contribution in [0.5, 0.6) is 0 Å². The van der Waals surface area contributed by atoms with Gasteiger partial charge < -0.3 is 15.1 Å². The van der Waals surface area contributed by atoms with Gasteiger partial charge in [0.1, 0.15) is 0 Å². The molecule has 2 heterocycles. The second kappa shape index (κ2) is 7.18. The van der Waals surface area contributed by atoms with Crippen molar-refractivity contribution < 1.29 is 4.79 Å². The minimum atomic E-state index is -0.0220. The van der Waals surface area contributed by atoms with Crippen molar-refractivity contribution in [3.8, 4) is 0 Å². The molecule has 0 aromatic carbocycles. The van der Waals surface area contributed by atoms with E-state index in [0.29, 0.717) is 11.8 Å². The Morgan fingerprint density at radius 1 is 1.43 bits per heavy atom. The summed E-state index contributed by atoms with van der Waals surface area (Å²) >= 11 is 1.73. The van der Waals surface area contributed by atoms with Gasteiger partial charge in [-0.05, 0) is 58.7 Å². The van der Waals surface area contributed by atoms with Crippen LogP contribution >= 0.6 is 11.3 Å². The van der Waals surface area contributed by atoms with Crippen molar-refractivity contribution in [2.45, 2.75) is 44.6 Å². The Bertz CT molecular complexity index is 534. The number of nitrogens with one attached hydrogen (secondary N) is 1. The third kappa shape index (κ3) is 4.44. The number of nitrogens with zero attached hydrogens (tertiary/aromatic N) is 3. The molecule has 2 aliphatic rings. The second-order valence-corrected chi connectivity index (χ2v) is 8.07. The molecule has 0 unspecified atom stereocenters. The van der Waals surface area contributed by atoms with Crippen LogP contribution in [-0.2, 0) is 0 Å². The summed E-state index contributed by atoms with van der Waals surface area (Å²) in [5.74, 6) is 1.31. The molecule has 1 atom stereocenters. The number of carbonyl (C=O) groups is 1. The van der Waals surface area contributed by atoms with Crippen LogP contribution in [0.1, 0.15) is 55.3 Å². The molecule has 6 heteroatoms. The normalized spacial score (nSPS) is 21.2. The summed E-state index contributed by atoms with van der Waals surface area (Å²) in [5, 5.41) is 6.42. The van der Waals surface area contributed by atoms with Crippen LogP contribution in [0.4, 0.5) is 4.79 Å². The zero-order valence-electron chi connectivity index (χ0n) is 14.4. The van der Waals surface area contributed by atoms with E-state index in [1.54, 1.807) is 11.3 Å². The molecular formula is C17H28N4OS. The maximum Gasteiger partial charge on any atom is 0.317 e. The Labute approximate surface area is 143 Å². The lowest BCUT2D eigenvalue weighted by Gasteiger charge is -2.32. The number of hydrogen-bond donors (Lipinski definition) is 1. The molecule has 2 amide bonds. The van der Waals surface area contributed by atoms with E-state index >= 15 is 0 Å². The zero-order chi connectivity index (χ0) is 16.4. The summed E-state index contributed by atoms with van der Waals surface area (Å²) in [7, 11) is 4.06. The molecular weight excluding hydrogens is 308 g/mol. The van der Waals surface area contributed by atoms with Crippen molar-refractivity contribution in [1.29, 1.82) is 0 Å². The molecule has 1 saturated heterocycles. The molecule has 1 aromatic rings. The molecule has 128 valence electrons. The molecule has 0 radical (unpaired) electrons. The highest BCUT2D eigenvalue weighted by molar-refractivity contribution is 7.09. The van der Waals surface area contributed by atoms with E-state index in [1.165, 1.54) is 30.7 Å². The Hall–Kier alpha value is -1.14. The monoisotopic (exact) mass is 336 g/mol. The SMILES string of the molecule is C[C@@H](NC(=O)N(C)CC1CCN(C)CC1)c1csc(C2CC2)n1. The Balaban J connectivity index is 1.46. The molecule has 1 aliphatic carbocycles. The lowest BCUT2D eigenvalue weighted by Crippen LogP contribution is -2.43. The van der Waals surface area contributed by atoms with Crippen molar-refractivity contribution in [3.63, 3.8) is 0 Å². The molecule has 2 fully saturated rings. The maximum absolute atomic E-state index is 12.4. The number of carbonyl (C=O) groups excluding carboxylic acids is 1. The van der Waals surface area contributed by atoms with Crippen LogP contribution in [0.2, 0.25) is 0 Å². The van der Waals surface area contributed by atoms with Crippen LogP contribution in [0, 0.1) is 5.92 Å². The molecule has 5 nitrogen and oxygen atoms in total. The number of likely N-dealkylation sites (tertiary alicyclic amines) is 1. The largest absolute Gasteiger partial charge is 0.330 e. The second-order valence-electron chi connectivity index (χ2n) is 7.18. The number of hydrogen-bond acceptors (Lipinski definition) is 4. The minimum Gasteiger partial charge on any atom is -0.330 e. The van der Waals surface area contributed by atoms with Crippen LogP contribution in [0.25, 0.3) is 0 Å². The van der Waals surface area contributed by atoms with Gasteiger partial charge in [0, 0.05) is 24.9 Å². The summed E-state index contributed by atoms with van der Waals surface area (Å²) in [6.07, 6.45) is 4.90. The number of thiazole rings is 1. The summed E-state index contributed by atoms with van der Waals surface area (Å²) < 4.78 is 0. The fourth-order valence-electron chi connectivity index (χ4n) is 3.10. The number of piperidine rings is 1. The highest BCUT2D eigenvalue weighted by atomic mass is 32.1. The quantitative estimate of drug-likeness (QED) is 0.899. The van der Waals surface area contributed by atoms with E-state index in [1.807, 2.05) is 18.9 Å². The third-order valence-corrected chi connectivity index (χ3v) is 5.99. The van der Waals surface area contributed by atoms with Gasteiger partial charge in [0.15, 0.2) is 0 Å². The molecule has 3 rings (SSSR count). The lowest BCUT2D eigenvalue weighted by molar-refractivity contribution is 0.168. The van der Waals surface area contributed by atoms with Gasteiger partial charge in [0.05, 0.1) is 16.7 Å². The summed E-state index contributed by atoms with van der Waals surface area (Å²) in [4.78, 5) is 21.3. The fraction of sp³-hybridized carbons (Fsp3) is 0.765. The van der Waals surface area contributed by atoms with E-state index in [4.69, 9.17) is 0 Å². The van der Waals surface area contributed by atoms with Gasteiger partial charge in [-0.15, -0.1) is 11.3 Å². The molecule has 1 N–H and O–H groups in total. The topological polar surface area (TPSA) is 48.5 Å². The maximum atomic E-state index is 12.4. The zero-order valence-corrected chi connectivity index (χ0v) is 15.2. The highest BCUT2D eigenvalue weighted by Crippen LogP contribution is 2.41. The number of urea groups is 1. The predicted octanol–water partition coefficient (Wildman–Crippen LogP) is 3.06. The average Bonchev–Trinajstić information content (AvgIpc) is 3.26. The summed E-state index contributed by atoms with van der Waals surface area (Å²) in [6.45, 7) is 5.14. The third-order valence-electron chi connectivity index (χ3n) is 4.97. The first kappa shape index (κ1) is 16.7. The van der Waals surface area contributed by atoms with E-state index in [2.05, 4.69) is 27.6 Å². The van der Waals surface area contributed by atoms with E-state index in [-0.39, 0.29) is 12.1 Å². The number of amides is 2. The first-order valence-electron chi connectivity index (χ1n) is 8.68. The van der Waals surface area contributed by atoms with Gasteiger partial charge in [-0.25, -0.2) is 9.78 Å². The van der Waals surface area contributed by atoms with Crippen LogP contribution in [-0.4, -0.2) is 54.5 Å². The fourth-order valence-corrected chi connectivity index (χ4v) is 4.19. The molecule has 0 bridgehead atoms. The Kier molecular flexibility index (Phi) is 5.21. The number of rotatable bonds is 5. The van der Waals surface area contributed by atoms with Crippen LogP contribution < -0.4 is 5.32 Å². The van der Waals surface area contributed by atoms with Gasteiger partial charge in [-0.3, -0.25) is 0 Å². The molecule has 1 aliphatic heterocycles. The number of aromatic nitrogens is 1. The van der Waals surface area contributed by atoms with Crippen LogP contribution in [0.15, 0.2) is 5.38 Å². The minimum absolute atomic E-state index is 0.0115. The average molecular weight is 337 g/mol. The first-order valence-corrected chi connectivity index (χ1v) is 9.56. The van der Waals surface area contributed by atoms with Crippen molar-refractivity contribution >= 4 is 17.4 Å². The molecule has 0 spiro atoms. The van der Waals surface area contributed by atoms with Crippen molar-refractivity contribution in [3.05, 3.63) is 16.1 Å². The highest BCUT2D eigenvalue weighted by Gasteiger charge is 2.27. The standard InChI is InChI=1S/C17H28N4OS/c1-12(15-11-23-16(19-15)14-4-5-14)18-17(22)21(3)10-13-6-8-20(2)9-7-13/h11-14H,4-10H2,1-3H3,(H,18,22)/t12-/m1/s1. The van der Waals surface area contributed by atoms with Gasteiger partial charge in [-0.2, -0.15) is 0 Å². The van der Waals surface area contributed by atoms with Crippen LogP contribution in [0.3, 0.4) is 0 Å². The lowest BCUT2D eigenvalue weighted by atomic mass is 9.97. The van der Waals surface area contributed by atoms with Crippen molar-refractivity contribution in [1.82, 2.24) is 20.1 Å². The first-order chi connectivity index (χ1) is 11.0. The summed E-state index contributed by atoms with van der Waals surface area (Å²) in [6, 6.07) is -0.0106. The molecule has 1 aromatic heterocycles. The molecule has 23 heavy (non-hydrogen) atoms. The van der Waals surface area contributed by atoms with Gasteiger partial charge in [0.25, 0.3) is 0 Å². The predicted molar refractivity (Wildman–Crippen MR) is 93.9 cm³/mol. The summed E-state index contributed by atoms with van der Waals surface area (Å²) in [5.41, 5.74) is 0.998. The van der Waals surface area contributed by atoms with Gasteiger partial charge in [0.2, 0.25) is 0 Å². The Morgan fingerprint density at radius 3 is 2.78 bits per heavy atom. The van der Waals surface area contributed by atoms with Crippen molar-refractivity contribution in [2.24, 2.45) is 5.92 Å². The molecule has 1 saturated carbocycles. The van der Waals surface area contributed by atoms with Gasteiger partial charge in [-0.1, -0.05) is 0 Å². The smallest absolute Gasteiger partial charge is 0.317 e. The van der Waals surface area contributed by atoms with E-state index < -0.39 is 0 Å². The van der Waals surface area contributed by atoms with E-state index in [9.17, 15) is 4.79 Å². The van der Waals surface area contributed by atoms with Gasteiger partial charge >= 0.3 is 6.03 Å². The Morgan fingerprint density at radius 2 is 2.13 bits per heavy atom. The van der Waals surface area contributed by atoms with Crippen molar-refractivity contribution in [2.75, 3.05) is 33.7 Å².